The Morgan fingerprint density at radius 2 is 2.00 bits per heavy atom. The molecule has 1 aromatic heterocycles. The van der Waals surface area contributed by atoms with Crippen LogP contribution in [-0.4, -0.2) is 22.8 Å². The van der Waals surface area contributed by atoms with E-state index >= 15 is 0 Å². The number of benzene rings is 1. The Hall–Kier alpha value is -0.970. The smallest absolute Gasteiger partial charge is 0.201 e. The molecule has 1 aromatic carbocycles. The van der Waals surface area contributed by atoms with Crippen LogP contribution < -0.4 is 5.73 Å². The normalized spacial score (nSPS) is 23.3. The van der Waals surface area contributed by atoms with Gasteiger partial charge in [0.1, 0.15) is 0 Å². The minimum absolute atomic E-state index is 0.314. The summed E-state index contributed by atoms with van der Waals surface area (Å²) in [4.78, 5) is 4.33. The van der Waals surface area contributed by atoms with E-state index in [1.54, 1.807) is 13.2 Å². The van der Waals surface area contributed by atoms with E-state index in [1.165, 1.54) is 0 Å². The van der Waals surface area contributed by atoms with Gasteiger partial charge in [-0.3, -0.25) is 0 Å². The molecular formula is C12H13Cl2N3O. The molecule has 1 heterocycles. The standard InChI is InChI=1S/C12H13Cl2N3O/c1-18-7-2-6(3-7)17-11-5-9(14)8(13)4-10(11)16-12(17)15/h4-7H,2-3H2,1H3,(H2,15,16). The van der Waals surface area contributed by atoms with Crippen molar-refractivity contribution in [3.05, 3.63) is 22.2 Å². The van der Waals surface area contributed by atoms with E-state index in [2.05, 4.69) is 4.98 Å². The molecule has 1 saturated carbocycles. The van der Waals surface area contributed by atoms with Crippen LogP contribution in [0.5, 0.6) is 0 Å². The van der Waals surface area contributed by atoms with Crippen molar-refractivity contribution in [1.82, 2.24) is 9.55 Å². The highest BCUT2D eigenvalue weighted by molar-refractivity contribution is 6.42. The number of fused-ring (bicyclic) bond motifs is 1. The molecule has 0 amide bonds. The van der Waals surface area contributed by atoms with Crippen LogP contribution in [0.15, 0.2) is 12.1 Å². The zero-order valence-corrected chi connectivity index (χ0v) is 11.4. The number of methoxy groups -OCH3 is 1. The zero-order valence-electron chi connectivity index (χ0n) is 9.86. The van der Waals surface area contributed by atoms with Crippen LogP contribution in [0.25, 0.3) is 11.0 Å². The molecular weight excluding hydrogens is 273 g/mol. The number of nitrogens with zero attached hydrogens (tertiary/aromatic N) is 2. The van der Waals surface area contributed by atoms with E-state index in [1.807, 2.05) is 10.6 Å². The highest BCUT2D eigenvalue weighted by Crippen LogP contribution is 2.39. The van der Waals surface area contributed by atoms with Gasteiger partial charge in [-0.1, -0.05) is 23.2 Å². The minimum Gasteiger partial charge on any atom is -0.381 e. The average molecular weight is 286 g/mol. The largest absolute Gasteiger partial charge is 0.381 e. The number of nitrogens with two attached hydrogens (primary N) is 1. The molecule has 2 N–H and O–H groups in total. The van der Waals surface area contributed by atoms with Crippen LogP contribution in [0.3, 0.4) is 0 Å². The molecule has 0 unspecified atom stereocenters. The zero-order chi connectivity index (χ0) is 12.9. The highest BCUT2D eigenvalue weighted by Gasteiger charge is 2.32. The number of aromatic nitrogens is 2. The van der Waals surface area contributed by atoms with Crippen molar-refractivity contribution in [2.75, 3.05) is 12.8 Å². The lowest BCUT2D eigenvalue weighted by atomic mass is 9.89. The van der Waals surface area contributed by atoms with E-state index in [0.29, 0.717) is 28.1 Å². The van der Waals surface area contributed by atoms with Crippen molar-refractivity contribution in [3.63, 3.8) is 0 Å². The van der Waals surface area contributed by atoms with Gasteiger partial charge in [-0.05, 0) is 25.0 Å². The van der Waals surface area contributed by atoms with E-state index < -0.39 is 0 Å². The number of ether oxygens (including phenoxy) is 1. The second kappa shape index (κ2) is 4.30. The fourth-order valence-electron chi connectivity index (χ4n) is 2.43. The molecule has 0 bridgehead atoms. The van der Waals surface area contributed by atoms with Gasteiger partial charge in [-0.25, -0.2) is 4.98 Å². The predicted octanol–water partition coefficient (Wildman–Crippen LogP) is 3.28. The molecule has 4 nitrogen and oxygen atoms in total. The van der Waals surface area contributed by atoms with Crippen molar-refractivity contribution in [2.24, 2.45) is 0 Å². The van der Waals surface area contributed by atoms with Crippen molar-refractivity contribution in [2.45, 2.75) is 25.0 Å². The van der Waals surface area contributed by atoms with Crippen molar-refractivity contribution in [3.8, 4) is 0 Å². The number of nitrogen functional groups attached to an aromatic ring is 1. The Kier molecular flexibility index (Phi) is 2.88. The number of rotatable bonds is 2. The number of imidazole rings is 1. The predicted molar refractivity (Wildman–Crippen MR) is 73.2 cm³/mol. The van der Waals surface area contributed by atoms with Crippen LogP contribution in [0, 0.1) is 0 Å². The second-order valence-corrected chi connectivity index (χ2v) is 5.39. The third-order valence-corrected chi connectivity index (χ3v) is 4.25. The Morgan fingerprint density at radius 3 is 2.67 bits per heavy atom. The Bertz CT molecular complexity index is 605. The van der Waals surface area contributed by atoms with Gasteiger partial charge in [-0.2, -0.15) is 0 Å². The number of hydrogen-bond acceptors (Lipinski definition) is 3. The third-order valence-electron chi connectivity index (χ3n) is 3.53. The number of anilines is 1. The van der Waals surface area contributed by atoms with Crippen LogP contribution in [-0.2, 0) is 4.74 Å². The van der Waals surface area contributed by atoms with Gasteiger partial charge in [0, 0.05) is 13.2 Å². The molecule has 1 aliphatic carbocycles. The van der Waals surface area contributed by atoms with Crippen LogP contribution in [0.1, 0.15) is 18.9 Å². The summed E-state index contributed by atoms with van der Waals surface area (Å²) in [6.45, 7) is 0. The molecule has 0 spiro atoms. The summed E-state index contributed by atoms with van der Waals surface area (Å²) in [5, 5.41) is 1.02. The first-order valence-electron chi connectivity index (χ1n) is 5.75. The van der Waals surface area contributed by atoms with Gasteiger partial charge in [0.15, 0.2) is 0 Å². The SMILES string of the molecule is COC1CC(n2c(N)nc3cc(Cl)c(Cl)cc32)C1. The highest BCUT2D eigenvalue weighted by atomic mass is 35.5. The maximum absolute atomic E-state index is 6.05. The lowest BCUT2D eigenvalue weighted by Crippen LogP contribution is -2.33. The van der Waals surface area contributed by atoms with E-state index in [4.69, 9.17) is 33.7 Å². The molecule has 18 heavy (non-hydrogen) atoms. The minimum atomic E-state index is 0.314. The Morgan fingerprint density at radius 1 is 1.33 bits per heavy atom. The van der Waals surface area contributed by atoms with Crippen molar-refractivity contribution < 1.29 is 4.74 Å². The molecule has 0 radical (unpaired) electrons. The molecule has 6 heteroatoms. The lowest BCUT2D eigenvalue weighted by molar-refractivity contribution is 0.00798. The van der Waals surface area contributed by atoms with Gasteiger partial charge in [0.25, 0.3) is 0 Å². The fourth-order valence-corrected chi connectivity index (χ4v) is 2.75. The van der Waals surface area contributed by atoms with Crippen molar-refractivity contribution >= 4 is 40.2 Å². The first-order valence-corrected chi connectivity index (χ1v) is 6.51. The summed E-state index contributed by atoms with van der Waals surface area (Å²) in [6.07, 6.45) is 2.22. The molecule has 0 saturated heterocycles. The van der Waals surface area contributed by atoms with Gasteiger partial charge in [0.2, 0.25) is 5.95 Å². The maximum Gasteiger partial charge on any atom is 0.201 e. The molecule has 1 aliphatic rings. The van der Waals surface area contributed by atoms with Gasteiger partial charge in [-0.15, -0.1) is 0 Å². The average Bonchev–Trinajstić information content (AvgIpc) is 2.55. The Balaban J connectivity index is 2.06. The van der Waals surface area contributed by atoms with E-state index in [0.717, 1.165) is 23.9 Å². The summed E-state index contributed by atoms with van der Waals surface area (Å²) in [5.41, 5.74) is 7.69. The summed E-state index contributed by atoms with van der Waals surface area (Å²) < 4.78 is 7.31. The van der Waals surface area contributed by atoms with Gasteiger partial charge in [0.05, 0.1) is 27.2 Å². The molecule has 96 valence electrons. The first kappa shape index (κ1) is 12.1. The maximum atomic E-state index is 6.05. The molecule has 3 rings (SSSR count). The number of hydrogen-bond donors (Lipinski definition) is 1. The van der Waals surface area contributed by atoms with Crippen LogP contribution in [0.4, 0.5) is 5.95 Å². The Labute approximate surface area is 115 Å². The molecule has 0 aliphatic heterocycles. The third kappa shape index (κ3) is 1.76. The van der Waals surface area contributed by atoms with Crippen LogP contribution >= 0.6 is 23.2 Å². The lowest BCUT2D eigenvalue weighted by Gasteiger charge is -2.35. The monoisotopic (exact) mass is 285 g/mol. The molecule has 2 aromatic rings. The summed E-state index contributed by atoms with van der Waals surface area (Å²) in [6, 6.07) is 3.90. The summed E-state index contributed by atoms with van der Waals surface area (Å²) >= 11 is 12.0. The first-order chi connectivity index (χ1) is 8.60. The molecule has 0 atom stereocenters. The van der Waals surface area contributed by atoms with E-state index in [-0.39, 0.29) is 0 Å². The summed E-state index contributed by atoms with van der Waals surface area (Å²) in [5.74, 6) is 0.503. The topological polar surface area (TPSA) is 53.1 Å². The van der Waals surface area contributed by atoms with Gasteiger partial charge >= 0.3 is 0 Å². The van der Waals surface area contributed by atoms with Gasteiger partial charge < -0.3 is 15.0 Å². The van der Waals surface area contributed by atoms with Crippen molar-refractivity contribution in [1.29, 1.82) is 0 Å². The fraction of sp³-hybridized carbons (Fsp3) is 0.417. The molecule has 1 fully saturated rings. The summed E-state index contributed by atoms with van der Waals surface area (Å²) in [7, 11) is 1.73. The van der Waals surface area contributed by atoms with E-state index in [9.17, 15) is 0 Å². The van der Waals surface area contributed by atoms with Crippen LogP contribution in [0.2, 0.25) is 10.0 Å². The second-order valence-electron chi connectivity index (χ2n) is 4.58. The quantitative estimate of drug-likeness (QED) is 0.921. The number of halogens is 2.